The van der Waals surface area contributed by atoms with Crippen LogP contribution in [0.4, 0.5) is 5.82 Å². The Bertz CT molecular complexity index is 1240. The van der Waals surface area contributed by atoms with Crippen molar-refractivity contribution < 1.29 is 17.9 Å². The van der Waals surface area contributed by atoms with Gasteiger partial charge in [0, 0.05) is 31.1 Å². The van der Waals surface area contributed by atoms with Crippen molar-refractivity contribution in [2.24, 2.45) is 5.92 Å². The number of aryl methyl sites for hydroxylation is 1. The van der Waals surface area contributed by atoms with Gasteiger partial charge in [-0.2, -0.15) is 0 Å². The normalized spacial score (nSPS) is 14.6. The fraction of sp³-hybridized carbons (Fsp3) is 0.320. The van der Waals surface area contributed by atoms with E-state index in [0.717, 1.165) is 16.9 Å². The number of hydrogen-bond acceptors (Lipinski definition) is 7. The van der Waals surface area contributed by atoms with E-state index in [9.17, 15) is 13.2 Å². The molecule has 1 fully saturated rings. The highest BCUT2D eigenvalue weighted by Gasteiger charge is 2.26. The summed E-state index contributed by atoms with van der Waals surface area (Å²) in [6, 6.07) is 17.4. The molecule has 3 aromatic rings. The number of nitrogens with one attached hydrogen (secondary N) is 1. The van der Waals surface area contributed by atoms with Crippen molar-refractivity contribution in [1.29, 1.82) is 0 Å². The van der Waals surface area contributed by atoms with E-state index in [4.69, 9.17) is 4.74 Å². The molecule has 1 saturated heterocycles. The van der Waals surface area contributed by atoms with Gasteiger partial charge in [-0.1, -0.05) is 35.9 Å². The molecule has 0 saturated carbocycles. The van der Waals surface area contributed by atoms with Gasteiger partial charge >= 0.3 is 0 Å². The van der Waals surface area contributed by atoms with Gasteiger partial charge in [0.15, 0.2) is 10.8 Å². The minimum Gasteiger partial charge on any atom is -0.496 e. The lowest BCUT2D eigenvalue weighted by Crippen LogP contribution is -2.40. The van der Waals surface area contributed by atoms with Gasteiger partial charge in [-0.05, 0) is 50.1 Å². The van der Waals surface area contributed by atoms with Crippen LogP contribution in [0.15, 0.2) is 70.6 Å². The number of ether oxygens (including phenoxy) is 1. The highest BCUT2D eigenvalue weighted by Crippen LogP contribution is 2.24. The molecule has 1 aromatic heterocycles. The van der Waals surface area contributed by atoms with Gasteiger partial charge in [0.05, 0.1) is 12.0 Å². The Morgan fingerprint density at radius 2 is 1.74 bits per heavy atom. The second kappa shape index (κ2) is 10.2. The molecular weight excluding hydrogens is 452 g/mol. The van der Waals surface area contributed by atoms with Gasteiger partial charge in [-0.15, -0.1) is 10.2 Å². The molecule has 0 bridgehead atoms. The number of carbonyl (C=O) groups excluding carboxylic acids is 1. The number of nitrogens with zero attached hydrogens (tertiary/aromatic N) is 3. The molecule has 0 unspecified atom stereocenters. The number of piperidine rings is 1. The minimum atomic E-state index is -3.71. The monoisotopic (exact) mass is 480 g/mol. The smallest absolute Gasteiger partial charge is 0.225 e. The van der Waals surface area contributed by atoms with Crippen molar-refractivity contribution in [3.8, 4) is 5.75 Å². The molecule has 0 atom stereocenters. The number of methoxy groups -OCH3 is 1. The highest BCUT2D eigenvalue weighted by atomic mass is 32.2. The largest absolute Gasteiger partial charge is 0.496 e. The van der Waals surface area contributed by atoms with Crippen LogP contribution in [0.25, 0.3) is 0 Å². The Balaban J connectivity index is 1.33. The zero-order valence-electron chi connectivity index (χ0n) is 19.3. The molecule has 8 nitrogen and oxygen atoms in total. The van der Waals surface area contributed by atoms with E-state index in [2.05, 4.69) is 15.5 Å². The first-order valence-corrected chi connectivity index (χ1v) is 12.7. The average molecular weight is 481 g/mol. The predicted octanol–water partition coefficient (Wildman–Crippen LogP) is 3.16. The van der Waals surface area contributed by atoms with E-state index >= 15 is 0 Å². The van der Waals surface area contributed by atoms with Crippen LogP contribution in [-0.4, -0.2) is 44.7 Å². The van der Waals surface area contributed by atoms with Crippen LogP contribution in [0.1, 0.15) is 24.0 Å². The maximum Gasteiger partial charge on any atom is 0.225 e. The number of benzene rings is 2. The Hall–Kier alpha value is -3.46. The molecule has 34 heavy (non-hydrogen) atoms. The third-order valence-electron chi connectivity index (χ3n) is 6.07. The summed E-state index contributed by atoms with van der Waals surface area (Å²) in [7, 11) is -2.10. The lowest BCUT2D eigenvalue weighted by molar-refractivity contribution is -0.125. The van der Waals surface area contributed by atoms with Crippen LogP contribution >= 0.6 is 0 Å². The Kier molecular flexibility index (Phi) is 7.12. The van der Waals surface area contributed by atoms with Gasteiger partial charge in [0.25, 0.3) is 0 Å². The molecule has 1 aliphatic heterocycles. The van der Waals surface area contributed by atoms with Crippen LogP contribution in [0.3, 0.4) is 0 Å². The zero-order chi connectivity index (χ0) is 24.1. The summed E-state index contributed by atoms with van der Waals surface area (Å²) in [6.45, 7) is 3.61. The van der Waals surface area contributed by atoms with Crippen molar-refractivity contribution in [1.82, 2.24) is 15.5 Å². The lowest BCUT2D eigenvalue weighted by atomic mass is 9.96. The summed E-state index contributed by atoms with van der Waals surface area (Å²) < 4.78 is 30.9. The zero-order valence-corrected chi connectivity index (χ0v) is 20.1. The van der Waals surface area contributed by atoms with Crippen LogP contribution < -0.4 is 15.0 Å². The number of rotatable bonds is 7. The van der Waals surface area contributed by atoms with Crippen molar-refractivity contribution >= 4 is 21.6 Å². The van der Waals surface area contributed by atoms with Crippen molar-refractivity contribution in [2.75, 3.05) is 25.1 Å². The number of carbonyl (C=O) groups is 1. The van der Waals surface area contributed by atoms with E-state index in [0.29, 0.717) is 38.3 Å². The molecule has 0 spiro atoms. The van der Waals surface area contributed by atoms with E-state index in [1.165, 1.54) is 6.07 Å². The standard InChI is InChI=1S/C25H28N4O4S/c1-18-7-9-21(10-8-18)34(31,32)24-12-11-23(27-28-24)29-15-13-19(14-16-29)25(30)26-17-20-5-3-4-6-22(20)33-2/h3-12,19H,13-17H2,1-2H3,(H,26,30). The third-order valence-corrected chi connectivity index (χ3v) is 7.73. The molecule has 1 aliphatic rings. The molecule has 0 aliphatic carbocycles. The first-order valence-electron chi connectivity index (χ1n) is 11.2. The number of hydrogen-bond donors (Lipinski definition) is 1. The molecule has 1 amide bonds. The maximum atomic E-state index is 12.8. The SMILES string of the molecule is COc1ccccc1CNC(=O)C1CCN(c2ccc(S(=O)(=O)c3ccc(C)cc3)nn2)CC1. The van der Waals surface area contributed by atoms with Gasteiger partial charge in [0.1, 0.15) is 5.75 Å². The molecule has 2 heterocycles. The Morgan fingerprint density at radius 1 is 1.03 bits per heavy atom. The van der Waals surface area contributed by atoms with Gasteiger partial charge in [-0.3, -0.25) is 4.79 Å². The predicted molar refractivity (Wildman–Crippen MR) is 128 cm³/mol. The number of para-hydroxylation sites is 1. The molecule has 2 aromatic carbocycles. The Labute approximate surface area is 199 Å². The molecule has 0 radical (unpaired) electrons. The fourth-order valence-electron chi connectivity index (χ4n) is 4.01. The number of sulfone groups is 1. The van der Waals surface area contributed by atoms with Crippen molar-refractivity contribution in [2.45, 2.75) is 36.2 Å². The summed E-state index contributed by atoms with van der Waals surface area (Å²) in [4.78, 5) is 14.9. The van der Waals surface area contributed by atoms with Crippen molar-refractivity contribution in [3.63, 3.8) is 0 Å². The summed E-state index contributed by atoms with van der Waals surface area (Å²) in [5, 5.41) is 11.1. The number of aromatic nitrogens is 2. The molecule has 4 rings (SSSR count). The topological polar surface area (TPSA) is 101 Å². The molecule has 178 valence electrons. The van der Waals surface area contributed by atoms with Crippen LogP contribution in [0.2, 0.25) is 0 Å². The molecule has 9 heteroatoms. The number of anilines is 1. The maximum absolute atomic E-state index is 12.8. The second-order valence-electron chi connectivity index (χ2n) is 8.34. The van der Waals surface area contributed by atoms with Gasteiger partial charge in [-0.25, -0.2) is 8.42 Å². The average Bonchev–Trinajstić information content (AvgIpc) is 2.88. The summed E-state index contributed by atoms with van der Waals surface area (Å²) in [5.74, 6) is 1.30. The van der Waals surface area contributed by atoms with E-state index in [-0.39, 0.29) is 21.7 Å². The molecule has 1 N–H and O–H groups in total. The Morgan fingerprint density at radius 3 is 2.38 bits per heavy atom. The first-order chi connectivity index (χ1) is 16.4. The highest BCUT2D eigenvalue weighted by molar-refractivity contribution is 7.91. The van der Waals surface area contributed by atoms with Gasteiger partial charge in [0.2, 0.25) is 15.7 Å². The van der Waals surface area contributed by atoms with E-state index in [1.54, 1.807) is 37.4 Å². The van der Waals surface area contributed by atoms with Crippen LogP contribution in [0, 0.1) is 12.8 Å². The van der Waals surface area contributed by atoms with E-state index in [1.807, 2.05) is 36.1 Å². The fourth-order valence-corrected chi connectivity index (χ4v) is 5.14. The first kappa shape index (κ1) is 23.7. The minimum absolute atomic E-state index is 0.0242. The summed E-state index contributed by atoms with van der Waals surface area (Å²) >= 11 is 0. The second-order valence-corrected chi connectivity index (χ2v) is 10.2. The van der Waals surface area contributed by atoms with Crippen LogP contribution in [0.5, 0.6) is 5.75 Å². The lowest BCUT2D eigenvalue weighted by Gasteiger charge is -2.31. The van der Waals surface area contributed by atoms with Crippen molar-refractivity contribution in [3.05, 3.63) is 71.8 Å². The summed E-state index contributed by atoms with van der Waals surface area (Å²) in [6.07, 6.45) is 1.37. The van der Waals surface area contributed by atoms with Gasteiger partial charge < -0.3 is 15.0 Å². The third kappa shape index (κ3) is 5.20. The quantitative estimate of drug-likeness (QED) is 0.554. The summed E-state index contributed by atoms with van der Waals surface area (Å²) in [5.41, 5.74) is 1.92. The number of amides is 1. The molecular formula is C25H28N4O4S. The van der Waals surface area contributed by atoms with E-state index < -0.39 is 9.84 Å². The van der Waals surface area contributed by atoms with Crippen LogP contribution in [-0.2, 0) is 21.2 Å².